The van der Waals surface area contributed by atoms with Crippen LogP contribution in [0.4, 0.5) is 15.8 Å². The summed E-state index contributed by atoms with van der Waals surface area (Å²) in [6, 6.07) is 10.4. The van der Waals surface area contributed by atoms with Gasteiger partial charge in [0, 0.05) is 18.8 Å². The number of halogens is 1. The molecule has 6 nitrogen and oxygen atoms in total. The van der Waals surface area contributed by atoms with Crippen molar-refractivity contribution in [2.24, 2.45) is 0 Å². The first kappa shape index (κ1) is 19.4. The van der Waals surface area contributed by atoms with Crippen molar-refractivity contribution in [2.75, 3.05) is 35.9 Å². The summed E-state index contributed by atoms with van der Waals surface area (Å²) >= 11 is 0. The highest BCUT2D eigenvalue weighted by molar-refractivity contribution is 7.92. The number of hydrogen-bond acceptors (Lipinski definition) is 5. The van der Waals surface area contributed by atoms with Gasteiger partial charge >= 0.3 is 0 Å². The van der Waals surface area contributed by atoms with E-state index in [2.05, 4.69) is 4.72 Å². The maximum Gasteiger partial charge on any atom is 0.261 e. The van der Waals surface area contributed by atoms with Crippen LogP contribution < -0.4 is 14.4 Å². The molecular formula is C19H23FN2O4S. The highest BCUT2D eigenvalue weighted by atomic mass is 32.2. The number of nitrogens with zero attached hydrogens (tertiary/aromatic N) is 1. The maximum absolute atomic E-state index is 14.2. The fraction of sp³-hybridized carbons (Fsp3) is 0.368. The fourth-order valence-electron chi connectivity index (χ4n) is 2.78. The van der Waals surface area contributed by atoms with Crippen LogP contribution in [0.25, 0.3) is 0 Å². The summed E-state index contributed by atoms with van der Waals surface area (Å²) in [5, 5.41) is 0. The minimum atomic E-state index is -3.92. The van der Waals surface area contributed by atoms with Crippen molar-refractivity contribution >= 4 is 21.4 Å². The Balaban J connectivity index is 1.80. The molecular weight excluding hydrogens is 371 g/mol. The lowest BCUT2D eigenvalue weighted by Gasteiger charge is -2.29. The van der Waals surface area contributed by atoms with Gasteiger partial charge in [-0.25, -0.2) is 12.8 Å². The number of anilines is 2. The molecule has 1 N–H and O–H groups in total. The molecule has 0 radical (unpaired) electrons. The molecule has 1 saturated heterocycles. The van der Waals surface area contributed by atoms with E-state index < -0.39 is 15.8 Å². The summed E-state index contributed by atoms with van der Waals surface area (Å²) in [4.78, 5) is 2.06. The molecule has 2 aromatic carbocycles. The molecule has 3 rings (SSSR count). The molecule has 0 aliphatic carbocycles. The molecule has 0 amide bonds. The molecule has 0 aromatic heterocycles. The Morgan fingerprint density at radius 1 is 1.11 bits per heavy atom. The van der Waals surface area contributed by atoms with E-state index in [1.165, 1.54) is 24.3 Å². The molecule has 0 saturated carbocycles. The van der Waals surface area contributed by atoms with E-state index in [-0.39, 0.29) is 16.7 Å². The molecule has 2 aromatic rings. The zero-order chi connectivity index (χ0) is 19.4. The Kier molecular flexibility index (Phi) is 5.86. The highest BCUT2D eigenvalue weighted by Crippen LogP contribution is 2.26. The van der Waals surface area contributed by atoms with Gasteiger partial charge in [-0.2, -0.15) is 0 Å². The third-order valence-corrected chi connectivity index (χ3v) is 5.46. The molecule has 0 atom stereocenters. The topological polar surface area (TPSA) is 67.9 Å². The zero-order valence-corrected chi connectivity index (χ0v) is 16.1. The van der Waals surface area contributed by atoms with Crippen molar-refractivity contribution in [3.8, 4) is 5.75 Å². The third kappa shape index (κ3) is 4.90. The average molecular weight is 394 g/mol. The number of ether oxygens (including phenoxy) is 2. The van der Waals surface area contributed by atoms with Gasteiger partial charge in [0.15, 0.2) is 0 Å². The Morgan fingerprint density at radius 2 is 1.78 bits per heavy atom. The summed E-state index contributed by atoms with van der Waals surface area (Å²) < 4.78 is 52.6. The minimum Gasteiger partial charge on any atom is -0.491 e. The average Bonchev–Trinajstić information content (AvgIpc) is 2.64. The van der Waals surface area contributed by atoms with Gasteiger partial charge in [-0.3, -0.25) is 4.72 Å². The number of morpholine rings is 1. The summed E-state index contributed by atoms with van der Waals surface area (Å²) in [6.07, 6.45) is -0.0115. The van der Waals surface area contributed by atoms with Crippen molar-refractivity contribution < 1.29 is 22.3 Å². The van der Waals surface area contributed by atoms with Crippen LogP contribution in [-0.2, 0) is 14.8 Å². The summed E-state index contributed by atoms with van der Waals surface area (Å²) in [5.74, 6) is -0.0557. The molecule has 1 heterocycles. The normalized spacial score (nSPS) is 15.0. The zero-order valence-electron chi connectivity index (χ0n) is 15.3. The first-order valence-electron chi connectivity index (χ1n) is 8.77. The van der Waals surface area contributed by atoms with Gasteiger partial charge in [0.2, 0.25) is 0 Å². The number of sulfonamides is 1. The van der Waals surface area contributed by atoms with Crippen LogP contribution in [0, 0.1) is 5.82 Å². The van der Waals surface area contributed by atoms with Crippen molar-refractivity contribution in [3.63, 3.8) is 0 Å². The van der Waals surface area contributed by atoms with Crippen LogP contribution in [0.2, 0.25) is 0 Å². The standard InChI is InChI=1S/C19H23FN2O4S/c1-14(2)26-16-4-6-17(7-5-16)27(23,24)21-19-13-15(3-8-18(19)20)22-9-11-25-12-10-22/h3-8,13-14,21H,9-12H2,1-2H3. The highest BCUT2D eigenvalue weighted by Gasteiger charge is 2.19. The predicted molar refractivity (Wildman–Crippen MR) is 102 cm³/mol. The molecule has 146 valence electrons. The molecule has 1 aliphatic heterocycles. The Bertz CT molecular complexity index is 879. The second kappa shape index (κ2) is 8.14. The lowest BCUT2D eigenvalue weighted by atomic mass is 10.2. The number of rotatable bonds is 6. The first-order chi connectivity index (χ1) is 12.8. The monoisotopic (exact) mass is 394 g/mol. The molecule has 27 heavy (non-hydrogen) atoms. The lowest BCUT2D eigenvalue weighted by molar-refractivity contribution is 0.122. The van der Waals surface area contributed by atoms with Gasteiger partial charge in [0.1, 0.15) is 11.6 Å². The summed E-state index contributed by atoms with van der Waals surface area (Å²) in [5.41, 5.74) is 0.666. The van der Waals surface area contributed by atoms with Gasteiger partial charge in [-0.05, 0) is 56.3 Å². The number of nitrogens with one attached hydrogen (secondary N) is 1. The molecule has 8 heteroatoms. The number of hydrogen-bond donors (Lipinski definition) is 1. The summed E-state index contributed by atoms with van der Waals surface area (Å²) in [7, 11) is -3.92. The van der Waals surface area contributed by atoms with Crippen LogP contribution in [0.3, 0.4) is 0 Å². The van der Waals surface area contributed by atoms with Crippen LogP contribution >= 0.6 is 0 Å². The van der Waals surface area contributed by atoms with E-state index in [0.29, 0.717) is 32.1 Å². The Morgan fingerprint density at radius 3 is 2.41 bits per heavy atom. The quantitative estimate of drug-likeness (QED) is 0.815. The second-order valence-electron chi connectivity index (χ2n) is 6.51. The van der Waals surface area contributed by atoms with Crippen LogP contribution in [0.15, 0.2) is 47.4 Å². The van der Waals surface area contributed by atoms with Gasteiger partial charge in [0.05, 0.1) is 29.9 Å². The van der Waals surface area contributed by atoms with Crippen LogP contribution in [0.5, 0.6) is 5.75 Å². The maximum atomic E-state index is 14.2. The molecule has 0 spiro atoms. The van der Waals surface area contributed by atoms with Gasteiger partial charge in [-0.15, -0.1) is 0 Å². The van der Waals surface area contributed by atoms with E-state index in [1.54, 1.807) is 18.2 Å². The van der Waals surface area contributed by atoms with Crippen LogP contribution in [0.1, 0.15) is 13.8 Å². The summed E-state index contributed by atoms with van der Waals surface area (Å²) in [6.45, 7) is 6.30. The molecule has 1 aliphatic rings. The molecule has 0 bridgehead atoms. The van der Waals surface area contributed by atoms with Gasteiger partial charge in [-0.1, -0.05) is 0 Å². The van der Waals surface area contributed by atoms with E-state index in [9.17, 15) is 12.8 Å². The van der Waals surface area contributed by atoms with Crippen molar-refractivity contribution in [3.05, 3.63) is 48.3 Å². The Hall–Kier alpha value is -2.32. The lowest BCUT2D eigenvalue weighted by Crippen LogP contribution is -2.36. The predicted octanol–water partition coefficient (Wildman–Crippen LogP) is 3.25. The van der Waals surface area contributed by atoms with Gasteiger partial charge < -0.3 is 14.4 Å². The number of benzene rings is 2. The largest absolute Gasteiger partial charge is 0.491 e. The fourth-order valence-corrected chi connectivity index (χ4v) is 3.84. The van der Waals surface area contributed by atoms with E-state index in [0.717, 1.165) is 5.69 Å². The first-order valence-corrected chi connectivity index (χ1v) is 10.3. The van der Waals surface area contributed by atoms with Crippen molar-refractivity contribution in [1.29, 1.82) is 0 Å². The Labute approximate surface area is 159 Å². The van der Waals surface area contributed by atoms with E-state index in [1.807, 2.05) is 18.7 Å². The SMILES string of the molecule is CC(C)Oc1ccc(S(=O)(=O)Nc2cc(N3CCOCC3)ccc2F)cc1. The second-order valence-corrected chi connectivity index (χ2v) is 8.19. The van der Waals surface area contributed by atoms with Crippen LogP contribution in [-0.4, -0.2) is 40.8 Å². The van der Waals surface area contributed by atoms with Gasteiger partial charge in [0.25, 0.3) is 10.0 Å². The van der Waals surface area contributed by atoms with E-state index >= 15 is 0 Å². The van der Waals surface area contributed by atoms with E-state index in [4.69, 9.17) is 9.47 Å². The molecule has 0 unspecified atom stereocenters. The van der Waals surface area contributed by atoms with Crippen molar-refractivity contribution in [1.82, 2.24) is 0 Å². The smallest absolute Gasteiger partial charge is 0.261 e. The minimum absolute atomic E-state index is 0.0115. The van der Waals surface area contributed by atoms with Crippen molar-refractivity contribution in [2.45, 2.75) is 24.8 Å². The molecule has 1 fully saturated rings. The third-order valence-electron chi connectivity index (χ3n) is 4.08.